The van der Waals surface area contributed by atoms with E-state index in [4.69, 9.17) is 0 Å². The van der Waals surface area contributed by atoms with Crippen LogP contribution in [0.2, 0.25) is 0 Å². The third-order valence-corrected chi connectivity index (χ3v) is 4.55. The third kappa shape index (κ3) is 3.72. The highest BCUT2D eigenvalue weighted by molar-refractivity contribution is 5.83. The van der Waals surface area contributed by atoms with E-state index in [1.807, 2.05) is 0 Å². The zero-order valence-corrected chi connectivity index (χ0v) is 12.6. The lowest BCUT2D eigenvalue weighted by atomic mass is 9.75. The molecule has 0 bridgehead atoms. The van der Waals surface area contributed by atoms with Gasteiger partial charge in [0.25, 0.3) is 0 Å². The molecule has 20 heavy (non-hydrogen) atoms. The fourth-order valence-corrected chi connectivity index (χ4v) is 2.81. The maximum atomic E-state index is 12.4. The summed E-state index contributed by atoms with van der Waals surface area (Å²) in [7, 11) is 0. The van der Waals surface area contributed by atoms with Gasteiger partial charge in [0.2, 0.25) is 11.8 Å². The summed E-state index contributed by atoms with van der Waals surface area (Å²) in [5, 5.41) is 9.26. The summed E-state index contributed by atoms with van der Waals surface area (Å²) in [6.45, 7) is 6.48. The Morgan fingerprint density at radius 3 is 2.65 bits per heavy atom. The van der Waals surface area contributed by atoms with Gasteiger partial charge in [-0.1, -0.05) is 13.8 Å². The lowest BCUT2D eigenvalue weighted by Gasteiger charge is -2.31. The first-order valence-corrected chi connectivity index (χ1v) is 7.83. The number of amides is 2. The normalized spacial score (nSPS) is 25.8. The number of hydrogen-bond acceptors (Lipinski definition) is 3. The van der Waals surface area contributed by atoms with Crippen molar-refractivity contribution in [3.05, 3.63) is 0 Å². The Bertz CT molecular complexity index is 358. The highest BCUT2D eigenvalue weighted by Crippen LogP contribution is 2.34. The molecule has 5 heteroatoms. The van der Waals surface area contributed by atoms with Crippen LogP contribution in [-0.2, 0) is 9.59 Å². The Kier molecular flexibility index (Phi) is 5.02. The molecule has 0 aromatic carbocycles. The molecule has 0 aromatic rings. The van der Waals surface area contributed by atoms with E-state index in [2.05, 4.69) is 29.8 Å². The van der Waals surface area contributed by atoms with Gasteiger partial charge in [-0.05, 0) is 38.1 Å². The minimum atomic E-state index is -0.268. The lowest BCUT2D eigenvalue weighted by Crippen LogP contribution is -2.46. The smallest absolute Gasteiger partial charge is 0.227 e. The van der Waals surface area contributed by atoms with Gasteiger partial charge in [-0.15, -0.1) is 0 Å². The van der Waals surface area contributed by atoms with Gasteiger partial charge >= 0.3 is 0 Å². The van der Waals surface area contributed by atoms with Gasteiger partial charge in [0.1, 0.15) is 0 Å². The van der Waals surface area contributed by atoms with E-state index in [0.717, 1.165) is 32.4 Å². The summed E-state index contributed by atoms with van der Waals surface area (Å²) in [6.07, 6.45) is 4.35. The van der Waals surface area contributed by atoms with Crippen LogP contribution in [-0.4, -0.2) is 37.5 Å². The molecule has 1 unspecified atom stereocenters. The predicted octanol–water partition coefficient (Wildman–Crippen LogP) is 0.797. The van der Waals surface area contributed by atoms with Gasteiger partial charge in [0.15, 0.2) is 0 Å². The molecule has 3 N–H and O–H groups in total. The first kappa shape index (κ1) is 15.3. The van der Waals surface area contributed by atoms with Crippen molar-refractivity contribution >= 4 is 11.8 Å². The van der Waals surface area contributed by atoms with Crippen LogP contribution in [0.5, 0.6) is 0 Å². The van der Waals surface area contributed by atoms with Crippen LogP contribution < -0.4 is 16.0 Å². The third-order valence-electron chi connectivity index (χ3n) is 4.55. The Balaban J connectivity index is 1.67. The fraction of sp³-hybridized carbons (Fsp3) is 0.867. The largest absolute Gasteiger partial charge is 0.356 e. The van der Waals surface area contributed by atoms with Gasteiger partial charge in [-0.3, -0.25) is 9.59 Å². The standard InChI is InChI=1S/C15H27N3O2/c1-11(2)15(7-9-16-10-15)14(20)17-8-3-4-13(19)18-12-5-6-12/h11-12,16H,3-10H2,1-2H3,(H,17,20)(H,18,19). The lowest BCUT2D eigenvalue weighted by molar-refractivity contribution is -0.132. The van der Waals surface area contributed by atoms with Crippen molar-refractivity contribution in [1.82, 2.24) is 16.0 Å². The second kappa shape index (κ2) is 6.57. The summed E-state index contributed by atoms with van der Waals surface area (Å²) in [5.74, 6) is 0.582. The van der Waals surface area contributed by atoms with E-state index in [1.54, 1.807) is 0 Å². The average Bonchev–Trinajstić information content (AvgIpc) is 3.07. The van der Waals surface area contributed by atoms with Crippen LogP contribution in [0.4, 0.5) is 0 Å². The first-order chi connectivity index (χ1) is 9.54. The van der Waals surface area contributed by atoms with E-state index in [1.165, 1.54) is 0 Å². The number of carbonyl (C=O) groups excluding carboxylic acids is 2. The molecule has 1 heterocycles. The minimum Gasteiger partial charge on any atom is -0.356 e. The molecule has 1 aliphatic carbocycles. The van der Waals surface area contributed by atoms with Gasteiger partial charge in [0.05, 0.1) is 5.41 Å². The monoisotopic (exact) mass is 281 g/mol. The highest BCUT2D eigenvalue weighted by atomic mass is 16.2. The Morgan fingerprint density at radius 1 is 1.35 bits per heavy atom. The number of hydrogen-bond donors (Lipinski definition) is 3. The van der Waals surface area contributed by atoms with Crippen molar-refractivity contribution < 1.29 is 9.59 Å². The van der Waals surface area contributed by atoms with Gasteiger partial charge in [0, 0.05) is 25.6 Å². The van der Waals surface area contributed by atoms with Crippen molar-refractivity contribution in [3.63, 3.8) is 0 Å². The van der Waals surface area contributed by atoms with E-state index in [9.17, 15) is 9.59 Å². The summed E-state index contributed by atoms with van der Waals surface area (Å²) in [6, 6.07) is 0.422. The summed E-state index contributed by atoms with van der Waals surface area (Å²) in [4.78, 5) is 23.9. The Hall–Kier alpha value is -1.10. The molecule has 2 aliphatic rings. The molecule has 1 atom stereocenters. The summed E-state index contributed by atoms with van der Waals surface area (Å²) < 4.78 is 0. The SMILES string of the molecule is CC(C)C1(C(=O)NCCCC(=O)NC2CC2)CCNC1. The van der Waals surface area contributed by atoms with E-state index in [-0.39, 0.29) is 17.2 Å². The fourth-order valence-electron chi connectivity index (χ4n) is 2.81. The van der Waals surface area contributed by atoms with Gasteiger partial charge < -0.3 is 16.0 Å². The van der Waals surface area contributed by atoms with Crippen molar-refractivity contribution in [2.45, 2.75) is 52.0 Å². The van der Waals surface area contributed by atoms with Crippen LogP contribution >= 0.6 is 0 Å². The van der Waals surface area contributed by atoms with Crippen LogP contribution in [0.25, 0.3) is 0 Å². The maximum Gasteiger partial charge on any atom is 0.227 e. The van der Waals surface area contributed by atoms with Gasteiger partial charge in [-0.2, -0.15) is 0 Å². The van der Waals surface area contributed by atoms with Crippen LogP contribution in [0.1, 0.15) is 46.0 Å². The first-order valence-electron chi connectivity index (χ1n) is 7.83. The molecule has 1 saturated heterocycles. The zero-order chi connectivity index (χ0) is 14.6. The second-order valence-corrected chi connectivity index (χ2v) is 6.44. The molecular formula is C15H27N3O2. The molecule has 1 saturated carbocycles. The maximum absolute atomic E-state index is 12.4. The molecular weight excluding hydrogens is 254 g/mol. The molecule has 0 aromatic heterocycles. The quantitative estimate of drug-likeness (QED) is 0.605. The molecule has 0 spiro atoms. The van der Waals surface area contributed by atoms with Gasteiger partial charge in [-0.25, -0.2) is 0 Å². The zero-order valence-electron chi connectivity index (χ0n) is 12.6. The minimum absolute atomic E-state index is 0.114. The molecule has 2 rings (SSSR count). The molecule has 5 nitrogen and oxygen atoms in total. The Morgan fingerprint density at radius 2 is 2.10 bits per heavy atom. The van der Waals surface area contributed by atoms with E-state index >= 15 is 0 Å². The van der Waals surface area contributed by atoms with Crippen molar-refractivity contribution in [3.8, 4) is 0 Å². The Labute approximate surface area is 121 Å². The highest BCUT2D eigenvalue weighted by Gasteiger charge is 2.43. The van der Waals surface area contributed by atoms with Crippen molar-refractivity contribution in [1.29, 1.82) is 0 Å². The topological polar surface area (TPSA) is 70.2 Å². The van der Waals surface area contributed by atoms with E-state index < -0.39 is 0 Å². The van der Waals surface area contributed by atoms with Crippen LogP contribution in [0, 0.1) is 11.3 Å². The van der Waals surface area contributed by atoms with Crippen LogP contribution in [0.3, 0.4) is 0 Å². The molecule has 1 aliphatic heterocycles. The molecule has 114 valence electrons. The predicted molar refractivity (Wildman–Crippen MR) is 78.2 cm³/mol. The second-order valence-electron chi connectivity index (χ2n) is 6.44. The van der Waals surface area contributed by atoms with E-state index in [0.29, 0.717) is 31.3 Å². The van der Waals surface area contributed by atoms with Crippen molar-refractivity contribution in [2.75, 3.05) is 19.6 Å². The molecule has 2 amide bonds. The average molecular weight is 281 g/mol. The van der Waals surface area contributed by atoms with Crippen molar-refractivity contribution in [2.24, 2.45) is 11.3 Å². The molecule has 0 radical (unpaired) electrons. The summed E-state index contributed by atoms with van der Waals surface area (Å²) >= 11 is 0. The number of nitrogens with one attached hydrogen (secondary N) is 3. The molecule has 2 fully saturated rings. The number of rotatable bonds is 7. The summed E-state index contributed by atoms with van der Waals surface area (Å²) in [5.41, 5.74) is -0.268. The van der Waals surface area contributed by atoms with Crippen LogP contribution in [0.15, 0.2) is 0 Å². The number of carbonyl (C=O) groups is 2.